The van der Waals surface area contributed by atoms with Crippen LogP contribution in [0.15, 0.2) is 60.8 Å². The average Bonchev–Trinajstić information content (AvgIpc) is 2.47. The highest BCUT2D eigenvalue weighted by atomic mass is 16.6. The van der Waals surface area contributed by atoms with Crippen molar-refractivity contribution in [2.24, 2.45) is 0 Å². The highest BCUT2D eigenvalue weighted by Gasteiger charge is 2.15. The molecule has 1 heterocycles. The third-order valence-corrected chi connectivity index (χ3v) is 3.18. The summed E-state index contributed by atoms with van der Waals surface area (Å²) >= 11 is 0. The lowest BCUT2D eigenvalue weighted by atomic mass is 10.0. The number of rotatable bonds is 2. The molecular formula is C15H10N2O3. The van der Waals surface area contributed by atoms with Gasteiger partial charge in [0.05, 0.1) is 10.3 Å². The van der Waals surface area contributed by atoms with Crippen LogP contribution in [0.3, 0.4) is 0 Å². The average molecular weight is 266 g/mol. The molecule has 0 saturated heterocycles. The molecule has 2 aromatic carbocycles. The summed E-state index contributed by atoms with van der Waals surface area (Å²) in [7, 11) is 0. The number of benzene rings is 2. The summed E-state index contributed by atoms with van der Waals surface area (Å²) in [5.41, 5.74) is 1.16. The first kappa shape index (κ1) is 12.1. The Morgan fingerprint density at radius 2 is 1.65 bits per heavy atom. The van der Waals surface area contributed by atoms with Gasteiger partial charge in [0, 0.05) is 23.8 Å². The number of nitro groups is 1. The standard InChI is InChI=1S/C15H10N2O3/c18-16-10-9-11-3-1-2-4-14(11)15(16)12-5-7-13(8-6-12)17(19)20/h1-10H. The Morgan fingerprint density at radius 1 is 0.950 bits per heavy atom. The fourth-order valence-electron chi connectivity index (χ4n) is 2.22. The Hall–Kier alpha value is -2.95. The summed E-state index contributed by atoms with van der Waals surface area (Å²) < 4.78 is 0.781. The van der Waals surface area contributed by atoms with Gasteiger partial charge < -0.3 is 5.21 Å². The van der Waals surface area contributed by atoms with Crippen molar-refractivity contribution >= 4 is 16.5 Å². The van der Waals surface area contributed by atoms with E-state index in [9.17, 15) is 15.3 Å². The number of non-ortho nitro benzene ring substituents is 1. The van der Waals surface area contributed by atoms with Gasteiger partial charge in [-0.05, 0) is 23.6 Å². The van der Waals surface area contributed by atoms with Gasteiger partial charge >= 0.3 is 0 Å². The molecule has 0 fully saturated rings. The number of fused-ring (bicyclic) bond motifs is 1. The quantitative estimate of drug-likeness (QED) is 0.310. The van der Waals surface area contributed by atoms with E-state index in [4.69, 9.17) is 0 Å². The minimum Gasteiger partial charge on any atom is -0.618 e. The Morgan fingerprint density at radius 3 is 2.35 bits per heavy atom. The van der Waals surface area contributed by atoms with E-state index >= 15 is 0 Å². The van der Waals surface area contributed by atoms with Crippen molar-refractivity contribution in [3.63, 3.8) is 0 Å². The third kappa shape index (κ3) is 1.95. The summed E-state index contributed by atoms with van der Waals surface area (Å²) in [6, 6.07) is 15.3. The van der Waals surface area contributed by atoms with E-state index in [1.807, 2.05) is 24.3 Å². The number of nitro benzene ring substituents is 1. The van der Waals surface area contributed by atoms with Gasteiger partial charge in [-0.25, -0.2) is 0 Å². The molecule has 0 bridgehead atoms. The number of nitrogens with zero attached hydrogens (tertiary/aromatic N) is 2. The van der Waals surface area contributed by atoms with Gasteiger partial charge in [-0.15, -0.1) is 0 Å². The molecule has 0 radical (unpaired) electrons. The molecule has 3 rings (SSSR count). The van der Waals surface area contributed by atoms with Crippen molar-refractivity contribution in [2.75, 3.05) is 0 Å². The van der Waals surface area contributed by atoms with Gasteiger partial charge in [0.1, 0.15) is 0 Å². The third-order valence-electron chi connectivity index (χ3n) is 3.18. The van der Waals surface area contributed by atoms with E-state index in [0.717, 1.165) is 15.5 Å². The molecule has 98 valence electrons. The summed E-state index contributed by atoms with van der Waals surface area (Å²) in [6.07, 6.45) is 1.44. The molecule has 0 saturated carbocycles. The second kappa shape index (κ2) is 4.62. The van der Waals surface area contributed by atoms with Crippen molar-refractivity contribution < 1.29 is 9.65 Å². The molecule has 0 aliphatic heterocycles. The van der Waals surface area contributed by atoms with Crippen LogP contribution in [0, 0.1) is 15.3 Å². The van der Waals surface area contributed by atoms with Crippen LogP contribution in [0.25, 0.3) is 22.0 Å². The SMILES string of the molecule is O=[N+]([O-])c1ccc(-c2c3ccccc3cc[n+]2[O-])cc1. The van der Waals surface area contributed by atoms with Crippen LogP contribution < -0.4 is 4.73 Å². The van der Waals surface area contributed by atoms with Gasteiger partial charge in [0.25, 0.3) is 5.69 Å². The van der Waals surface area contributed by atoms with Crippen LogP contribution in [-0.4, -0.2) is 4.92 Å². The van der Waals surface area contributed by atoms with E-state index in [0.29, 0.717) is 11.3 Å². The molecule has 0 aliphatic rings. The van der Waals surface area contributed by atoms with Crippen molar-refractivity contribution in [3.8, 4) is 11.3 Å². The first-order valence-electron chi connectivity index (χ1n) is 6.02. The Labute approximate surface area is 114 Å². The van der Waals surface area contributed by atoms with Crippen LogP contribution in [0.1, 0.15) is 0 Å². The Balaban J connectivity index is 2.23. The summed E-state index contributed by atoms with van der Waals surface area (Å²) in [5, 5.41) is 24.5. The fourth-order valence-corrected chi connectivity index (χ4v) is 2.22. The van der Waals surface area contributed by atoms with Crippen molar-refractivity contribution in [2.45, 2.75) is 0 Å². The highest BCUT2D eigenvalue weighted by Crippen LogP contribution is 2.26. The summed E-state index contributed by atoms with van der Waals surface area (Å²) in [4.78, 5) is 10.2. The van der Waals surface area contributed by atoms with Crippen LogP contribution in [-0.2, 0) is 0 Å². The molecule has 1 aromatic heterocycles. The largest absolute Gasteiger partial charge is 0.618 e. The maximum absolute atomic E-state index is 12.0. The lowest BCUT2D eigenvalue weighted by Crippen LogP contribution is -2.28. The Kier molecular flexibility index (Phi) is 2.80. The number of hydrogen-bond donors (Lipinski definition) is 0. The number of pyridine rings is 1. The maximum atomic E-state index is 12.0. The van der Waals surface area contributed by atoms with Crippen LogP contribution >= 0.6 is 0 Å². The Bertz CT molecular complexity index is 798. The molecule has 3 aromatic rings. The number of aromatic nitrogens is 1. The molecule has 0 spiro atoms. The van der Waals surface area contributed by atoms with Gasteiger partial charge in [0.2, 0.25) is 5.69 Å². The monoisotopic (exact) mass is 266 g/mol. The predicted molar refractivity (Wildman–Crippen MR) is 75.0 cm³/mol. The van der Waals surface area contributed by atoms with E-state index in [-0.39, 0.29) is 5.69 Å². The molecule has 0 unspecified atom stereocenters. The van der Waals surface area contributed by atoms with Crippen LogP contribution in [0.5, 0.6) is 0 Å². The lowest BCUT2D eigenvalue weighted by molar-refractivity contribution is -0.592. The van der Waals surface area contributed by atoms with Crippen molar-refractivity contribution in [1.82, 2.24) is 0 Å². The first-order valence-corrected chi connectivity index (χ1v) is 6.02. The van der Waals surface area contributed by atoms with E-state index in [1.165, 1.54) is 18.3 Å². The zero-order chi connectivity index (χ0) is 14.1. The zero-order valence-corrected chi connectivity index (χ0v) is 10.4. The molecule has 0 atom stereocenters. The topological polar surface area (TPSA) is 70.1 Å². The normalized spacial score (nSPS) is 10.6. The predicted octanol–water partition coefficient (Wildman–Crippen LogP) is 3.05. The van der Waals surface area contributed by atoms with E-state index in [1.54, 1.807) is 18.2 Å². The lowest BCUT2D eigenvalue weighted by Gasteiger charge is -2.07. The molecule has 20 heavy (non-hydrogen) atoms. The molecule has 5 heteroatoms. The maximum Gasteiger partial charge on any atom is 0.269 e. The molecule has 0 N–H and O–H groups in total. The fraction of sp³-hybridized carbons (Fsp3) is 0. The molecule has 0 amide bonds. The minimum absolute atomic E-state index is 0.00596. The van der Waals surface area contributed by atoms with Gasteiger partial charge in [-0.2, -0.15) is 4.73 Å². The second-order valence-corrected chi connectivity index (χ2v) is 4.38. The van der Waals surface area contributed by atoms with Crippen molar-refractivity contribution in [3.05, 3.63) is 76.1 Å². The van der Waals surface area contributed by atoms with Gasteiger partial charge in [-0.1, -0.05) is 18.2 Å². The van der Waals surface area contributed by atoms with E-state index in [2.05, 4.69) is 0 Å². The highest BCUT2D eigenvalue weighted by molar-refractivity contribution is 5.92. The summed E-state index contributed by atoms with van der Waals surface area (Å²) in [5.74, 6) is 0. The summed E-state index contributed by atoms with van der Waals surface area (Å²) in [6.45, 7) is 0. The molecule has 5 nitrogen and oxygen atoms in total. The number of hydrogen-bond acceptors (Lipinski definition) is 3. The first-order chi connectivity index (χ1) is 9.66. The smallest absolute Gasteiger partial charge is 0.269 e. The molecular weight excluding hydrogens is 256 g/mol. The van der Waals surface area contributed by atoms with Crippen molar-refractivity contribution in [1.29, 1.82) is 0 Å². The minimum atomic E-state index is -0.460. The van der Waals surface area contributed by atoms with Crippen LogP contribution in [0.4, 0.5) is 5.69 Å². The molecule has 0 aliphatic carbocycles. The van der Waals surface area contributed by atoms with E-state index < -0.39 is 4.92 Å². The zero-order valence-electron chi connectivity index (χ0n) is 10.4. The van der Waals surface area contributed by atoms with Gasteiger partial charge in [-0.3, -0.25) is 10.1 Å². The van der Waals surface area contributed by atoms with Crippen LogP contribution in [0.2, 0.25) is 0 Å². The van der Waals surface area contributed by atoms with Gasteiger partial charge in [0.15, 0.2) is 6.20 Å². The second-order valence-electron chi connectivity index (χ2n) is 4.38.